The maximum atomic E-state index is 5.73. The van der Waals surface area contributed by atoms with Gasteiger partial charge >= 0.3 is 0 Å². The van der Waals surface area contributed by atoms with E-state index in [0.717, 1.165) is 31.0 Å². The zero-order valence-corrected chi connectivity index (χ0v) is 13.5. The van der Waals surface area contributed by atoms with E-state index < -0.39 is 0 Å². The molecule has 0 saturated carbocycles. The van der Waals surface area contributed by atoms with E-state index in [9.17, 15) is 0 Å². The second-order valence-corrected chi connectivity index (χ2v) is 5.93. The van der Waals surface area contributed by atoms with Crippen LogP contribution in [-0.4, -0.2) is 51.2 Å². The van der Waals surface area contributed by atoms with Gasteiger partial charge in [0.05, 0.1) is 14.2 Å². The first-order valence-corrected chi connectivity index (χ1v) is 7.08. The van der Waals surface area contributed by atoms with Crippen molar-refractivity contribution in [1.29, 1.82) is 0 Å². The van der Waals surface area contributed by atoms with Crippen LogP contribution in [0.2, 0.25) is 0 Å². The van der Waals surface area contributed by atoms with E-state index in [1.54, 1.807) is 14.2 Å². The Bertz CT molecular complexity index is 486. The van der Waals surface area contributed by atoms with Crippen molar-refractivity contribution in [3.8, 4) is 11.5 Å². The maximum Gasteiger partial charge on any atom is 0.127 e. The maximum absolute atomic E-state index is 5.73. The lowest BCUT2D eigenvalue weighted by Crippen LogP contribution is -2.35. The normalized spacial score (nSPS) is 19.1. The SMILES string of the molecule is COc1cc(CN(C)C)c(OC)c2c1CN(C)C(C)C2. The van der Waals surface area contributed by atoms with Crippen LogP contribution in [0, 0.1) is 0 Å². The molecule has 0 saturated heterocycles. The Hall–Kier alpha value is -1.26. The predicted octanol–water partition coefficient (Wildman–Crippen LogP) is 2.14. The van der Waals surface area contributed by atoms with Crippen LogP contribution in [0.15, 0.2) is 6.07 Å². The number of fused-ring (bicyclic) bond motifs is 1. The van der Waals surface area contributed by atoms with Crippen LogP contribution in [0.3, 0.4) is 0 Å². The molecule has 0 N–H and O–H groups in total. The van der Waals surface area contributed by atoms with Crippen molar-refractivity contribution in [1.82, 2.24) is 9.80 Å². The van der Waals surface area contributed by atoms with E-state index in [0.29, 0.717) is 6.04 Å². The van der Waals surface area contributed by atoms with Crippen molar-refractivity contribution in [2.75, 3.05) is 35.4 Å². The highest BCUT2D eigenvalue weighted by Gasteiger charge is 2.27. The van der Waals surface area contributed by atoms with E-state index in [1.807, 2.05) is 0 Å². The molecule has 20 heavy (non-hydrogen) atoms. The van der Waals surface area contributed by atoms with Gasteiger partial charge in [0.2, 0.25) is 0 Å². The molecular weight excluding hydrogens is 252 g/mol. The van der Waals surface area contributed by atoms with Gasteiger partial charge in [-0.15, -0.1) is 0 Å². The van der Waals surface area contributed by atoms with Crippen LogP contribution >= 0.6 is 0 Å². The van der Waals surface area contributed by atoms with Gasteiger partial charge in [0.25, 0.3) is 0 Å². The minimum absolute atomic E-state index is 0.524. The minimum atomic E-state index is 0.524. The fraction of sp³-hybridized carbons (Fsp3) is 0.625. The van der Waals surface area contributed by atoms with Crippen molar-refractivity contribution in [3.63, 3.8) is 0 Å². The predicted molar refractivity (Wildman–Crippen MR) is 81.6 cm³/mol. The third-order valence-electron chi connectivity index (χ3n) is 4.10. The van der Waals surface area contributed by atoms with Crippen molar-refractivity contribution in [2.24, 2.45) is 0 Å². The van der Waals surface area contributed by atoms with Gasteiger partial charge in [-0.25, -0.2) is 0 Å². The molecule has 0 fully saturated rings. The van der Waals surface area contributed by atoms with Gasteiger partial charge in [-0.1, -0.05) is 0 Å². The molecule has 1 aromatic rings. The molecule has 0 radical (unpaired) electrons. The van der Waals surface area contributed by atoms with Crippen LogP contribution in [0.25, 0.3) is 0 Å². The van der Waals surface area contributed by atoms with Crippen LogP contribution in [0.5, 0.6) is 11.5 Å². The van der Waals surface area contributed by atoms with Crippen molar-refractivity contribution in [2.45, 2.75) is 32.5 Å². The molecule has 1 heterocycles. The van der Waals surface area contributed by atoms with Crippen molar-refractivity contribution >= 4 is 0 Å². The lowest BCUT2D eigenvalue weighted by Gasteiger charge is -2.34. The molecule has 1 unspecified atom stereocenters. The molecule has 0 amide bonds. The summed E-state index contributed by atoms with van der Waals surface area (Å²) in [6.45, 7) is 4.03. The molecule has 0 aliphatic carbocycles. The number of hydrogen-bond acceptors (Lipinski definition) is 4. The van der Waals surface area contributed by atoms with E-state index in [-0.39, 0.29) is 0 Å². The van der Waals surface area contributed by atoms with Gasteiger partial charge in [0.15, 0.2) is 0 Å². The number of nitrogens with zero attached hydrogens (tertiary/aromatic N) is 2. The van der Waals surface area contributed by atoms with E-state index in [2.05, 4.69) is 43.9 Å². The third kappa shape index (κ3) is 2.76. The number of rotatable bonds is 4. The Kier molecular flexibility index (Phi) is 4.55. The quantitative estimate of drug-likeness (QED) is 0.842. The highest BCUT2D eigenvalue weighted by Crippen LogP contribution is 2.39. The largest absolute Gasteiger partial charge is 0.496 e. The van der Waals surface area contributed by atoms with Gasteiger partial charge in [0, 0.05) is 35.8 Å². The molecule has 1 aliphatic heterocycles. The van der Waals surface area contributed by atoms with Gasteiger partial charge in [-0.2, -0.15) is 0 Å². The summed E-state index contributed by atoms with van der Waals surface area (Å²) in [7, 11) is 9.82. The Labute approximate surface area is 122 Å². The first-order valence-electron chi connectivity index (χ1n) is 7.08. The summed E-state index contributed by atoms with van der Waals surface area (Å²) < 4.78 is 11.3. The summed E-state index contributed by atoms with van der Waals surface area (Å²) in [6, 6.07) is 2.65. The Morgan fingerprint density at radius 2 is 1.95 bits per heavy atom. The summed E-state index contributed by atoms with van der Waals surface area (Å²) in [6.07, 6.45) is 1.01. The third-order valence-corrected chi connectivity index (χ3v) is 4.10. The Balaban J connectivity index is 2.56. The number of likely N-dealkylation sites (N-methyl/N-ethyl adjacent to an activating group) is 1. The minimum Gasteiger partial charge on any atom is -0.496 e. The second kappa shape index (κ2) is 6.02. The van der Waals surface area contributed by atoms with E-state index >= 15 is 0 Å². The van der Waals surface area contributed by atoms with Crippen LogP contribution in [0.1, 0.15) is 23.6 Å². The summed E-state index contributed by atoms with van der Waals surface area (Å²) in [5.74, 6) is 2.02. The van der Waals surface area contributed by atoms with Crippen LogP contribution in [-0.2, 0) is 19.5 Å². The van der Waals surface area contributed by atoms with Crippen LogP contribution < -0.4 is 9.47 Å². The zero-order valence-electron chi connectivity index (χ0n) is 13.5. The van der Waals surface area contributed by atoms with Crippen molar-refractivity contribution < 1.29 is 9.47 Å². The highest BCUT2D eigenvalue weighted by atomic mass is 16.5. The van der Waals surface area contributed by atoms with Gasteiger partial charge in [-0.3, -0.25) is 4.90 Å². The molecule has 4 heteroatoms. The average molecular weight is 278 g/mol. The second-order valence-electron chi connectivity index (χ2n) is 5.93. The standard InChI is InChI=1S/C16H26N2O2/c1-11-7-13-14(10-18(11)4)15(19-5)8-12(9-17(2)3)16(13)20-6/h8,11H,7,9-10H2,1-6H3. The highest BCUT2D eigenvalue weighted by molar-refractivity contribution is 5.55. The number of benzene rings is 1. The molecular formula is C16H26N2O2. The molecule has 0 aromatic heterocycles. The Morgan fingerprint density at radius 1 is 1.25 bits per heavy atom. The summed E-state index contributed by atoms with van der Waals surface area (Å²) in [5.41, 5.74) is 3.78. The van der Waals surface area contributed by atoms with Gasteiger partial charge in [-0.05, 0) is 40.6 Å². The van der Waals surface area contributed by atoms with Crippen molar-refractivity contribution in [3.05, 3.63) is 22.8 Å². The molecule has 1 aliphatic rings. The number of hydrogen-bond donors (Lipinski definition) is 0. The molecule has 1 aromatic carbocycles. The summed E-state index contributed by atoms with van der Waals surface area (Å²) in [4.78, 5) is 4.51. The fourth-order valence-corrected chi connectivity index (χ4v) is 2.93. The topological polar surface area (TPSA) is 24.9 Å². The smallest absolute Gasteiger partial charge is 0.127 e. The molecule has 1 atom stereocenters. The first-order chi connectivity index (χ1) is 9.47. The zero-order chi connectivity index (χ0) is 14.9. The van der Waals surface area contributed by atoms with E-state index in [1.165, 1.54) is 16.7 Å². The fourth-order valence-electron chi connectivity index (χ4n) is 2.93. The van der Waals surface area contributed by atoms with Gasteiger partial charge < -0.3 is 14.4 Å². The van der Waals surface area contributed by atoms with Gasteiger partial charge in [0.1, 0.15) is 11.5 Å². The molecule has 112 valence electrons. The summed E-state index contributed by atoms with van der Waals surface area (Å²) in [5, 5.41) is 0. The molecule has 0 bridgehead atoms. The monoisotopic (exact) mass is 278 g/mol. The first kappa shape index (κ1) is 15.1. The summed E-state index contributed by atoms with van der Waals surface area (Å²) >= 11 is 0. The number of methoxy groups -OCH3 is 2. The van der Waals surface area contributed by atoms with Crippen LogP contribution in [0.4, 0.5) is 0 Å². The lowest BCUT2D eigenvalue weighted by atomic mass is 9.91. The molecule has 0 spiro atoms. The van der Waals surface area contributed by atoms with E-state index in [4.69, 9.17) is 9.47 Å². The molecule has 2 rings (SSSR count). The Morgan fingerprint density at radius 3 is 2.50 bits per heavy atom. The lowest BCUT2D eigenvalue weighted by molar-refractivity contribution is 0.222. The molecule has 4 nitrogen and oxygen atoms in total. The average Bonchev–Trinajstić information content (AvgIpc) is 2.39. The number of ether oxygens (including phenoxy) is 2.